The van der Waals surface area contributed by atoms with Gasteiger partial charge in [0.15, 0.2) is 6.61 Å². The summed E-state index contributed by atoms with van der Waals surface area (Å²) in [4.78, 5) is 25.3. The molecule has 5 nitrogen and oxygen atoms in total. The number of halogens is 1. The van der Waals surface area contributed by atoms with Crippen LogP contribution in [0.3, 0.4) is 0 Å². The second-order valence-electron chi connectivity index (χ2n) is 7.78. The van der Waals surface area contributed by atoms with Gasteiger partial charge in [0.05, 0.1) is 0 Å². The maximum Gasteiger partial charge on any atom is 0.262 e. The maximum absolute atomic E-state index is 13.5. The first kappa shape index (κ1) is 22.0. The number of hydrogen-bond acceptors (Lipinski definition) is 3. The number of amides is 2. The summed E-state index contributed by atoms with van der Waals surface area (Å²) in [6.45, 7) is 3.76. The number of ether oxygens (including phenoxy) is 1. The number of anilines is 2. The monoisotopic (exact) mass is 442 g/mol. The third-order valence-corrected chi connectivity index (χ3v) is 5.23. The van der Waals surface area contributed by atoms with Gasteiger partial charge in [-0.1, -0.05) is 48.0 Å². The number of fused-ring (bicyclic) bond motifs is 1. The predicted molar refractivity (Wildman–Crippen MR) is 128 cm³/mol. The van der Waals surface area contributed by atoms with Crippen molar-refractivity contribution in [3.05, 3.63) is 101 Å². The molecule has 0 fully saturated rings. The largest absolute Gasteiger partial charge is 0.483 e. The fourth-order valence-electron chi connectivity index (χ4n) is 3.64. The Labute approximate surface area is 191 Å². The van der Waals surface area contributed by atoms with Crippen LogP contribution in [0.5, 0.6) is 5.75 Å². The van der Waals surface area contributed by atoms with Gasteiger partial charge >= 0.3 is 0 Å². The molecule has 0 heterocycles. The van der Waals surface area contributed by atoms with Gasteiger partial charge < -0.3 is 15.4 Å². The van der Waals surface area contributed by atoms with Gasteiger partial charge in [-0.2, -0.15) is 0 Å². The molecule has 0 saturated carbocycles. The van der Waals surface area contributed by atoms with Crippen LogP contribution in [0, 0.1) is 19.7 Å². The van der Waals surface area contributed by atoms with Gasteiger partial charge in [-0.15, -0.1) is 0 Å². The Morgan fingerprint density at radius 1 is 0.848 bits per heavy atom. The molecule has 2 amide bonds. The standard InChI is InChI=1S/C27H23FN2O3/c1-17-10-12-24(18(2)14-17)30-26(31)16-33-25-13-11-23(21-8-3-4-9-22(21)25)27(32)29-20-7-5-6-19(28)15-20/h3-15H,16H2,1-2H3,(H,29,32)(H,30,31). The van der Waals surface area contributed by atoms with E-state index in [0.717, 1.165) is 16.8 Å². The Hall–Kier alpha value is -4.19. The summed E-state index contributed by atoms with van der Waals surface area (Å²) in [5.41, 5.74) is 3.62. The summed E-state index contributed by atoms with van der Waals surface area (Å²) < 4.78 is 19.2. The lowest BCUT2D eigenvalue weighted by atomic mass is 10.0. The maximum atomic E-state index is 13.5. The van der Waals surface area contributed by atoms with Crippen molar-refractivity contribution >= 4 is 34.0 Å². The fraction of sp³-hybridized carbons (Fsp3) is 0.111. The van der Waals surface area contributed by atoms with E-state index in [9.17, 15) is 14.0 Å². The molecule has 0 aliphatic heterocycles. The van der Waals surface area contributed by atoms with Crippen molar-refractivity contribution in [2.24, 2.45) is 0 Å². The summed E-state index contributed by atoms with van der Waals surface area (Å²) in [5, 5.41) is 6.94. The van der Waals surface area contributed by atoms with Crippen LogP contribution in [0.15, 0.2) is 78.9 Å². The van der Waals surface area contributed by atoms with E-state index in [4.69, 9.17) is 4.74 Å². The zero-order valence-electron chi connectivity index (χ0n) is 18.3. The van der Waals surface area contributed by atoms with E-state index in [-0.39, 0.29) is 18.4 Å². The molecule has 0 aliphatic rings. The Kier molecular flexibility index (Phi) is 6.36. The molecule has 0 bridgehead atoms. The van der Waals surface area contributed by atoms with Crippen molar-refractivity contribution < 1.29 is 18.7 Å². The van der Waals surface area contributed by atoms with Crippen molar-refractivity contribution in [1.29, 1.82) is 0 Å². The van der Waals surface area contributed by atoms with E-state index in [1.54, 1.807) is 24.3 Å². The number of carbonyl (C=O) groups excluding carboxylic acids is 2. The van der Waals surface area contributed by atoms with Crippen molar-refractivity contribution in [3.63, 3.8) is 0 Å². The molecule has 0 unspecified atom stereocenters. The quantitative estimate of drug-likeness (QED) is 0.393. The number of hydrogen-bond donors (Lipinski definition) is 2. The van der Waals surface area contributed by atoms with Crippen LogP contribution in [0.1, 0.15) is 21.5 Å². The van der Waals surface area contributed by atoms with Gasteiger partial charge in [-0.05, 0) is 61.2 Å². The van der Waals surface area contributed by atoms with E-state index in [1.807, 2.05) is 50.2 Å². The van der Waals surface area contributed by atoms with Crippen LogP contribution >= 0.6 is 0 Å². The number of benzene rings is 4. The van der Waals surface area contributed by atoms with Crippen LogP contribution in [-0.2, 0) is 4.79 Å². The number of nitrogens with one attached hydrogen (secondary N) is 2. The predicted octanol–water partition coefficient (Wildman–Crippen LogP) is 5.87. The van der Waals surface area contributed by atoms with Gasteiger partial charge in [0, 0.05) is 22.3 Å². The van der Waals surface area contributed by atoms with Gasteiger partial charge in [0.1, 0.15) is 11.6 Å². The Bertz CT molecular complexity index is 1350. The van der Waals surface area contributed by atoms with Crippen LogP contribution in [-0.4, -0.2) is 18.4 Å². The molecule has 166 valence electrons. The molecule has 0 saturated heterocycles. The summed E-state index contributed by atoms with van der Waals surface area (Å²) in [6, 6.07) is 22.1. The van der Waals surface area contributed by atoms with E-state index < -0.39 is 5.82 Å². The van der Waals surface area contributed by atoms with Crippen molar-refractivity contribution in [2.75, 3.05) is 17.2 Å². The lowest BCUT2D eigenvalue weighted by Crippen LogP contribution is -2.21. The highest BCUT2D eigenvalue weighted by Gasteiger charge is 2.15. The molecule has 6 heteroatoms. The summed E-state index contributed by atoms with van der Waals surface area (Å²) in [7, 11) is 0. The topological polar surface area (TPSA) is 67.4 Å². The van der Waals surface area contributed by atoms with Crippen molar-refractivity contribution in [2.45, 2.75) is 13.8 Å². The smallest absolute Gasteiger partial charge is 0.262 e. The molecule has 4 rings (SSSR count). The average Bonchev–Trinajstić information content (AvgIpc) is 2.79. The number of aryl methyl sites for hydroxylation is 2. The molecular weight excluding hydrogens is 419 g/mol. The highest BCUT2D eigenvalue weighted by molar-refractivity contribution is 6.14. The zero-order valence-corrected chi connectivity index (χ0v) is 18.3. The van der Waals surface area contributed by atoms with E-state index >= 15 is 0 Å². The minimum Gasteiger partial charge on any atom is -0.483 e. The van der Waals surface area contributed by atoms with Gasteiger partial charge in [0.2, 0.25) is 0 Å². The fourth-order valence-corrected chi connectivity index (χ4v) is 3.64. The van der Waals surface area contributed by atoms with Gasteiger partial charge in [-0.25, -0.2) is 4.39 Å². The molecule has 0 atom stereocenters. The summed E-state index contributed by atoms with van der Waals surface area (Å²) >= 11 is 0. The summed E-state index contributed by atoms with van der Waals surface area (Å²) in [5.74, 6) is -0.584. The molecule has 0 aliphatic carbocycles. The lowest BCUT2D eigenvalue weighted by Gasteiger charge is -2.14. The molecule has 4 aromatic rings. The van der Waals surface area contributed by atoms with Crippen LogP contribution < -0.4 is 15.4 Å². The van der Waals surface area contributed by atoms with E-state index in [0.29, 0.717) is 27.8 Å². The molecule has 2 N–H and O–H groups in total. The first-order valence-corrected chi connectivity index (χ1v) is 10.5. The third-order valence-electron chi connectivity index (χ3n) is 5.23. The van der Waals surface area contributed by atoms with Crippen LogP contribution in [0.4, 0.5) is 15.8 Å². The zero-order chi connectivity index (χ0) is 23.4. The highest BCUT2D eigenvalue weighted by Crippen LogP contribution is 2.29. The first-order chi connectivity index (χ1) is 15.9. The first-order valence-electron chi connectivity index (χ1n) is 10.5. The minimum absolute atomic E-state index is 0.174. The van der Waals surface area contributed by atoms with Gasteiger partial charge in [-0.3, -0.25) is 9.59 Å². The van der Waals surface area contributed by atoms with Crippen LogP contribution in [0.25, 0.3) is 10.8 Å². The SMILES string of the molecule is Cc1ccc(NC(=O)COc2ccc(C(=O)Nc3cccc(F)c3)c3ccccc23)c(C)c1. The number of rotatable bonds is 6. The van der Waals surface area contributed by atoms with Gasteiger partial charge in [0.25, 0.3) is 11.8 Å². The molecule has 4 aromatic carbocycles. The third kappa shape index (κ3) is 5.18. The normalized spacial score (nSPS) is 10.6. The molecule has 0 aromatic heterocycles. The minimum atomic E-state index is -0.430. The molecule has 33 heavy (non-hydrogen) atoms. The second-order valence-corrected chi connectivity index (χ2v) is 7.78. The summed E-state index contributed by atoms with van der Waals surface area (Å²) in [6.07, 6.45) is 0. The molecule has 0 radical (unpaired) electrons. The Morgan fingerprint density at radius 3 is 2.39 bits per heavy atom. The average molecular weight is 442 g/mol. The molecular formula is C27H23FN2O3. The van der Waals surface area contributed by atoms with Crippen molar-refractivity contribution in [1.82, 2.24) is 0 Å². The Morgan fingerprint density at radius 2 is 1.64 bits per heavy atom. The lowest BCUT2D eigenvalue weighted by molar-refractivity contribution is -0.118. The number of carbonyl (C=O) groups is 2. The van der Waals surface area contributed by atoms with E-state index in [1.165, 1.54) is 18.2 Å². The molecule has 0 spiro atoms. The second kappa shape index (κ2) is 9.53. The van der Waals surface area contributed by atoms with Crippen molar-refractivity contribution in [3.8, 4) is 5.75 Å². The van der Waals surface area contributed by atoms with Crippen LogP contribution in [0.2, 0.25) is 0 Å². The van der Waals surface area contributed by atoms with E-state index in [2.05, 4.69) is 10.6 Å². The Balaban J connectivity index is 1.51. The highest BCUT2D eigenvalue weighted by atomic mass is 19.1.